The summed E-state index contributed by atoms with van der Waals surface area (Å²) in [5, 5.41) is 4.70. The number of benzene rings is 1. The molecule has 0 bridgehead atoms. The van der Waals surface area contributed by atoms with Crippen LogP contribution in [0.15, 0.2) is 24.3 Å². The molecule has 1 aliphatic carbocycles. The van der Waals surface area contributed by atoms with E-state index in [2.05, 4.69) is 24.4 Å². The van der Waals surface area contributed by atoms with Gasteiger partial charge in [0.1, 0.15) is 17.1 Å². The minimum absolute atomic E-state index is 0.800. The number of rotatable bonds is 4. The van der Waals surface area contributed by atoms with Gasteiger partial charge in [-0.3, -0.25) is 0 Å². The van der Waals surface area contributed by atoms with Gasteiger partial charge in [0.25, 0.3) is 0 Å². The van der Waals surface area contributed by atoms with Crippen LogP contribution >= 0.6 is 0 Å². The van der Waals surface area contributed by atoms with Gasteiger partial charge in [0.05, 0.1) is 7.11 Å². The molecule has 3 heteroatoms. The highest BCUT2D eigenvalue weighted by Gasteiger charge is 2.14. The van der Waals surface area contributed by atoms with Gasteiger partial charge < -0.3 is 10.1 Å². The summed E-state index contributed by atoms with van der Waals surface area (Å²) in [5.74, 6) is 2.61. The predicted octanol–water partition coefficient (Wildman–Crippen LogP) is 4.54. The molecule has 21 heavy (non-hydrogen) atoms. The van der Waals surface area contributed by atoms with Gasteiger partial charge in [-0.1, -0.05) is 31.4 Å². The van der Waals surface area contributed by atoms with Crippen LogP contribution in [0.25, 0.3) is 10.9 Å². The van der Waals surface area contributed by atoms with Crippen molar-refractivity contribution in [1.29, 1.82) is 0 Å². The van der Waals surface area contributed by atoms with Crippen LogP contribution in [0.3, 0.4) is 0 Å². The number of methoxy groups -OCH3 is 1. The van der Waals surface area contributed by atoms with Gasteiger partial charge in [-0.15, -0.1) is 0 Å². The van der Waals surface area contributed by atoms with E-state index in [1.54, 1.807) is 7.11 Å². The Kier molecular flexibility index (Phi) is 4.28. The quantitative estimate of drug-likeness (QED) is 0.894. The number of fused-ring (bicyclic) bond motifs is 1. The molecule has 112 valence electrons. The number of ether oxygens (including phenoxy) is 1. The lowest BCUT2D eigenvalue weighted by Gasteiger charge is -2.22. The third-order valence-corrected chi connectivity index (χ3v) is 4.53. The molecule has 1 N–H and O–H groups in total. The molecule has 0 unspecified atom stereocenters. The SMILES string of the molecule is COc1cccc2c(C)cc(NCC3CCCCC3)nc12. The van der Waals surface area contributed by atoms with Crippen LogP contribution in [0.4, 0.5) is 5.82 Å². The van der Waals surface area contributed by atoms with E-state index in [9.17, 15) is 0 Å². The molecule has 3 rings (SSSR count). The molecule has 1 fully saturated rings. The summed E-state index contributed by atoms with van der Waals surface area (Å²) >= 11 is 0. The Morgan fingerprint density at radius 1 is 1.24 bits per heavy atom. The molecule has 0 radical (unpaired) electrons. The third kappa shape index (κ3) is 3.12. The Balaban J connectivity index is 1.82. The van der Waals surface area contributed by atoms with Gasteiger partial charge in [0, 0.05) is 11.9 Å². The molecular weight excluding hydrogens is 260 g/mol. The maximum absolute atomic E-state index is 5.44. The lowest BCUT2D eigenvalue weighted by molar-refractivity contribution is 0.373. The first kappa shape index (κ1) is 14.2. The largest absolute Gasteiger partial charge is 0.494 e. The van der Waals surface area contributed by atoms with Gasteiger partial charge in [-0.05, 0) is 43.4 Å². The summed E-state index contributed by atoms with van der Waals surface area (Å²) in [6.07, 6.45) is 6.86. The number of nitrogens with zero attached hydrogens (tertiary/aromatic N) is 1. The van der Waals surface area contributed by atoms with E-state index in [4.69, 9.17) is 9.72 Å². The van der Waals surface area contributed by atoms with E-state index in [1.807, 2.05) is 12.1 Å². The molecule has 2 aromatic rings. The third-order valence-electron chi connectivity index (χ3n) is 4.53. The number of nitrogens with one attached hydrogen (secondary N) is 1. The first-order valence-corrected chi connectivity index (χ1v) is 7.96. The van der Waals surface area contributed by atoms with Crippen LogP contribution in [-0.2, 0) is 0 Å². The van der Waals surface area contributed by atoms with Crippen molar-refractivity contribution in [3.63, 3.8) is 0 Å². The molecule has 1 aromatic carbocycles. The zero-order valence-electron chi connectivity index (χ0n) is 13.0. The van der Waals surface area contributed by atoms with E-state index in [1.165, 1.54) is 37.7 Å². The summed E-state index contributed by atoms with van der Waals surface area (Å²) in [6.45, 7) is 3.17. The first-order chi connectivity index (χ1) is 10.3. The van der Waals surface area contributed by atoms with Crippen molar-refractivity contribution in [2.75, 3.05) is 19.0 Å². The fraction of sp³-hybridized carbons (Fsp3) is 0.500. The number of para-hydroxylation sites is 1. The van der Waals surface area contributed by atoms with E-state index < -0.39 is 0 Å². The molecule has 0 saturated heterocycles. The molecular formula is C18H24N2O. The highest BCUT2D eigenvalue weighted by molar-refractivity contribution is 5.88. The van der Waals surface area contributed by atoms with Crippen molar-refractivity contribution in [3.8, 4) is 5.75 Å². The zero-order valence-corrected chi connectivity index (χ0v) is 13.0. The number of hydrogen-bond donors (Lipinski definition) is 1. The Morgan fingerprint density at radius 2 is 2.05 bits per heavy atom. The van der Waals surface area contributed by atoms with Gasteiger partial charge in [-0.25, -0.2) is 4.98 Å². The standard InChI is InChI=1S/C18H24N2O/c1-13-11-17(19-12-14-7-4-3-5-8-14)20-18-15(13)9-6-10-16(18)21-2/h6,9-11,14H,3-5,7-8,12H2,1-2H3,(H,19,20). The van der Waals surface area contributed by atoms with Crippen LogP contribution in [0.5, 0.6) is 5.75 Å². The average molecular weight is 284 g/mol. The molecule has 0 spiro atoms. The second kappa shape index (κ2) is 6.33. The molecule has 1 aromatic heterocycles. The Hall–Kier alpha value is -1.77. The minimum Gasteiger partial charge on any atom is -0.494 e. The summed E-state index contributed by atoms with van der Waals surface area (Å²) in [6, 6.07) is 8.24. The number of pyridine rings is 1. The Labute approximate surface area is 126 Å². The van der Waals surface area contributed by atoms with Gasteiger partial charge in [0.2, 0.25) is 0 Å². The maximum atomic E-state index is 5.44. The van der Waals surface area contributed by atoms with Crippen LogP contribution in [0.1, 0.15) is 37.7 Å². The molecule has 1 heterocycles. The average Bonchev–Trinajstić information content (AvgIpc) is 2.53. The summed E-state index contributed by atoms with van der Waals surface area (Å²) in [5.41, 5.74) is 2.19. The predicted molar refractivity (Wildman–Crippen MR) is 88.1 cm³/mol. The fourth-order valence-electron chi connectivity index (χ4n) is 3.29. The maximum Gasteiger partial charge on any atom is 0.145 e. The van der Waals surface area contributed by atoms with Crippen molar-refractivity contribution in [2.45, 2.75) is 39.0 Å². The van der Waals surface area contributed by atoms with Crippen molar-refractivity contribution >= 4 is 16.7 Å². The van der Waals surface area contributed by atoms with Crippen LogP contribution in [-0.4, -0.2) is 18.6 Å². The topological polar surface area (TPSA) is 34.1 Å². The fourth-order valence-corrected chi connectivity index (χ4v) is 3.29. The van der Waals surface area contributed by atoms with Crippen molar-refractivity contribution in [3.05, 3.63) is 29.8 Å². The van der Waals surface area contributed by atoms with Crippen molar-refractivity contribution < 1.29 is 4.74 Å². The number of hydrogen-bond acceptors (Lipinski definition) is 3. The number of aromatic nitrogens is 1. The first-order valence-electron chi connectivity index (χ1n) is 7.96. The number of aryl methyl sites for hydroxylation is 1. The van der Waals surface area contributed by atoms with Crippen LogP contribution < -0.4 is 10.1 Å². The van der Waals surface area contributed by atoms with E-state index >= 15 is 0 Å². The Bertz CT molecular complexity index is 618. The second-order valence-electron chi connectivity index (χ2n) is 6.07. The summed E-state index contributed by atoms with van der Waals surface area (Å²) in [7, 11) is 1.70. The lowest BCUT2D eigenvalue weighted by Crippen LogP contribution is -2.17. The van der Waals surface area contributed by atoms with Gasteiger partial charge in [-0.2, -0.15) is 0 Å². The zero-order chi connectivity index (χ0) is 14.7. The normalized spacial score (nSPS) is 16.1. The number of anilines is 1. The molecule has 0 amide bonds. The lowest BCUT2D eigenvalue weighted by atomic mass is 9.89. The second-order valence-corrected chi connectivity index (χ2v) is 6.07. The highest BCUT2D eigenvalue weighted by atomic mass is 16.5. The highest BCUT2D eigenvalue weighted by Crippen LogP contribution is 2.29. The minimum atomic E-state index is 0.800. The molecule has 0 aliphatic heterocycles. The van der Waals surface area contributed by atoms with Crippen molar-refractivity contribution in [2.24, 2.45) is 5.92 Å². The van der Waals surface area contributed by atoms with Crippen LogP contribution in [0, 0.1) is 12.8 Å². The summed E-state index contributed by atoms with van der Waals surface area (Å²) < 4.78 is 5.44. The van der Waals surface area contributed by atoms with Gasteiger partial charge >= 0.3 is 0 Å². The van der Waals surface area contributed by atoms with Crippen LogP contribution in [0.2, 0.25) is 0 Å². The molecule has 0 atom stereocenters. The van der Waals surface area contributed by atoms with E-state index in [0.29, 0.717) is 0 Å². The van der Waals surface area contributed by atoms with Crippen molar-refractivity contribution in [1.82, 2.24) is 4.98 Å². The van der Waals surface area contributed by atoms with E-state index in [0.717, 1.165) is 34.9 Å². The van der Waals surface area contributed by atoms with E-state index in [-0.39, 0.29) is 0 Å². The van der Waals surface area contributed by atoms with Gasteiger partial charge in [0.15, 0.2) is 0 Å². The Morgan fingerprint density at radius 3 is 2.81 bits per heavy atom. The summed E-state index contributed by atoms with van der Waals surface area (Å²) in [4.78, 5) is 4.76. The smallest absolute Gasteiger partial charge is 0.145 e. The molecule has 1 aliphatic rings. The monoisotopic (exact) mass is 284 g/mol. The molecule has 1 saturated carbocycles. The molecule has 3 nitrogen and oxygen atoms in total.